The Labute approximate surface area is 98.5 Å². The van der Waals surface area contributed by atoms with Crippen LogP contribution in [0.3, 0.4) is 0 Å². The molecule has 0 aliphatic carbocycles. The first-order valence-electron chi connectivity index (χ1n) is 5.35. The fourth-order valence-corrected chi connectivity index (χ4v) is 1.40. The molecule has 0 saturated carbocycles. The SMILES string of the molecule is C[C@H](O)CNC(=O)c1cnc2ccccc2n1. The quantitative estimate of drug-likeness (QED) is 0.817. The molecular weight excluding hydrogens is 218 g/mol. The largest absolute Gasteiger partial charge is 0.392 e. The molecule has 2 rings (SSSR count). The highest BCUT2D eigenvalue weighted by Crippen LogP contribution is 2.08. The lowest BCUT2D eigenvalue weighted by molar-refractivity contribution is 0.0919. The molecule has 0 bridgehead atoms. The van der Waals surface area contributed by atoms with Crippen LogP contribution in [0.4, 0.5) is 0 Å². The number of carbonyl (C=O) groups is 1. The molecule has 5 heteroatoms. The molecule has 0 spiro atoms. The monoisotopic (exact) mass is 231 g/mol. The molecule has 0 aliphatic heterocycles. The summed E-state index contributed by atoms with van der Waals surface area (Å²) < 4.78 is 0. The minimum Gasteiger partial charge on any atom is -0.392 e. The van der Waals surface area contributed by atoms with Gasteiger partial charge < -0.3 is 10.4 Å². The van der Waals surface area contributed by atoms with E-state index in [1.807, 2.05) is 18.2 Å². The molecule has 1 aromatic heterocycles. The predicted octanol–water partition coefficient (Wildman–Crippen LogP) is 0.740. The second-order valence-electron chi connectivity index (χ2n) is 3.80. The maximum absolute atomic E-state index is 11.7. The van der Waals surface area contributed by atoms with Crippen LogP contribution in [0.2, 0.25) is 0 Å². The Balaban J connectivity index is 2.21. The normalized spacial score (nSPS) is 12.4. The number of benzene rings is 1. The van der Waals surface area contributed by atoms with Crippen molar-refractivity contribution in [1.29, 1.82) is 0 Å². The number of amides is 1. The van der Waals surface area contributed by atoms with E-state index in [1.165, 1.54) is 6.20 Å². The van der Waals surface area contributed by atoms with Gasteiger partial charge in [-0.25, -0.2) is 4.98 Å². The summed E-state index contributed by atoms with van der Waals surface area (Å²) in [6.07, 6.45) is 0.854. The van der Waals surface area contributed by atoms with Gasteiger partial charge in [0.25, 0.3) is 5.91 Å². The van der Waals surface area contributed by atoms with E-state index >= 15 is 0 Å². The van der Waals surface area contributed by atoms with E-state index < -0.39 is 6.10 Å². The Kier molecular flexibility index (Phi) is 3.30. The highest BCUT2D eigenvalue weighted by atomic mass is 16.3. The Morgan fingerprint density at radius 2 is 2.12 bits per heavy atom. The molecule has 0 unspecified atom stereocenters. The van der Waals surface area contributed by atoms with Gasteiger partial charge in [-0.2, -0.15) is 0 Å². The second-order valence-corrected chi connectivity index (χ2v) is 3.80. The number of aliphatic hydroxyl groups excluding tert-OH is 1. The van der Waals surface area contributed by atoms with Crippen LogP contribution in [0, 0.1) is 0 Å². The van der Waals surface area contributed by atoms with E-state index in [1.54, 1.807) is 13.0 Å². The molecule has 0 radical (unpaired) electrons. The van der Waals surface area contributed by atoms with Gasteiger partial charge in [-0.15, -0.1) is 0 Å². The zero-order chi connectivity index (χ0) is 12.3. The smallest absolute Gasteiger partial charge is 0.271 e. The van der Waals surface area contributed by atoms with Crippen LogP contribution >= 0.6 is 0 Å². The fourth-order valence-electron chi connectivity index (χ4n) is 1.40. The first-order valence-corrected chi connectivity index (χ1v) is 5.35. The Bertz CT molecular complexity index is 540. The van der Waals surface area contributed by atoms with Crippen molar-refractivity contribution in [2.24, 2.45) is 0 Å². The summed E-state index contributed by atoms with van der Waals surface area (Å²) in [4.78, 5) is 20.0. The average Bonchev–Trinajstić information content (AvgIpc) is 2.35. The van der Waals surface area contributed by atoms with Crippen molar-refractivity contribution in [3.05, 3.63) is 36.2 Å². The van der Waals surface area contributed by atoms with Crippen molar-refractivity contribution in [1.82, 2.24) is 15.3 Å². The molecule has 17 heavy (non-hydrogen) atoms. The highest BCUT2D eigenvalue weighted by molar-refractivity contribution is 5.93. The van der Waals surface area contributed by atoms with Crippen LogP contribution in [-0.2, 0) is 0 Å². The van der Waals surface area contributed by atoms with Gasteiger partial charge in [0, 0.05) is 6.54 Å². The van der Waals surface area contributed by atoms with E-state index in [2.05, 4.69) is 15.3 Å². The number of nitrogens with one attached hydrogen (secondary N) is 1. The molecular formula is C12H13N3O2. The van der Waals surface area contributed by atoms with E-state index in [4.69, 9.17) is 5.11 Å². The van der Waals surface area contributed by atoms with Gasteiger partial charge >= 0.3 is 0 Å². The van der Waals surface area contributed by atoms with Gasteiger partial charge in [-0.05, 0) is 19.1 Å². The van der Waals surface area contributed by atoms with Crippen LogP contribution in [0.15, 0.2) is 30.5 Å². The van der Waals surface area contributed by atoms with E-state index in [-0.39, 0.29) is 18.1 Å². The molecule has 2 aromatic rings. The minimum absolute atomic E-state index is 0.202. The standard InChI is InChI=1S/C12H13N3O2/c1-8(16)6-14-12(17)11-7-13-9-4-2-3-5-10(9)15-11/h2-5,7-8,16H,6H2,1H3,(H,14,17)/t8-/m0/s1. The molecule has 1 atom stereocenters. The average molecular weight is 231 g/mol. The number of para-hydroxylation sites is 2. The number of carbonyl (C=O) groups excluding carboxylic acids is 1. The van der Waals surface area contributed by atoms with E-state index in [0.717, 1.165) is 5.52 Å². The zero-order valence-electron chi connectivity index (χ0n) is 9.42. The molecule has 2 N–H and O–H groups in total. The number of hydrogen-bond acceptors (Lipinski definition) is 4. The summed E-state index contributed by atoms with van der Waals surface area (Å²) in [6.45, 7) is 1.81. The van der Waals surface area contributed by atoms with Crippen LogP contribution in [0.5, 0.6) is 0 Å². The third kappa shape index (κ3) is 2.76. The van der Waals surface area contributed by atoms with Crippen molar-refractivity contribution in [2.45, 2.75) is 13.0 Å². The molecule has 88 valence electrons. The lowest BCUT2D eigenvalue weighted by Crippen LogP contribution is -2.31. The fraction of sp³-hybridized carbons (Fsp3) is 0.250. The molecule has 1 heterocycles. The summed E-state index contributed by atoms with van der Waals surface area (Å²) in [7, 11) is 0. The molecule has 0 saturated heterocycles. The van der Waals surface area contributed by atoms with Crippen molar-refractivity contribution in [3.63, 3.8) is 0 Å². The molecule has 1 aromatic carbocycles. The Morgan fingerprint density at radius 1 is 1.41 bits per heavy atom. The lowest BCUT2D eigenvalue weighted by Gasteiger charge is -2.06. The topological polar surface area (TPSA) is 75.1 Å². The van der Waals surface area contributed by atoms with Gasteiger partial charge in [-0.1, -0.05) is 12.1 Å². The van der Waals surface area contributed by atoms with Gasteiger partial charge in [-0.3, -0.25) is 9.78 Å². The summed E-state index contributed by atoms with van der Waals surface area (Å²) in [5.41, 5.74) is 1.68. The minimum atomic E-state index is -0.577. The van der Waals surface area contributed by atoms with Gasteiger partial charge in [0.1, 0.15) is 5.69 Å². The van der Waals surface area contributed by atoms with Crippen molar-refractivity contribution < 1.29 is 9.90 Å². The van der Waals surface area contributed by atoms with Crippen molar-refractivity contribution >= 4 is 16.9 Å². The van der Waals surface area contributed by atoms with Gasteiger partial charge in [0.15, 0.2) is 0 Å². The van der Waals surface area contributed by atoms with Gasteiger partial charge in [0.2, 0.25) is 0 Å². The number of aliphatic hydroxyl groups is 1. The number of hydrogen-bond donors (Lipinski definition) is 2. The maximum Gasteiger partial charge on any atom is 0.271 e. The zero-order valence-corrected chi connectivity index (χ0v) is 9.42. The number of fused-ring (bicyclic) bond motifs is 1. The van der Waals surface area contributed by atoms with Crippen LogP contribution in [0.1, 0.15) is 17.4 Å². The second kappa shape index (κ2) is 4.88. The highest BCUT2D eigenvalue weighted by Gasteiger charge is 2.09. The molecule has 1 amide bonds. The third-order valence-electron chi connectivity index (χ3n) is 2.24. The lowest BCUT2D eigenvalue weighted by atomic mass is 10.3. The van der Waals surface area contributed by atoms with E-state index in [0.29, 0.717) is 5.52 Å². The summed E-state index contributed by atoms with van der Waals surface area (Å²) >= 11 is 0. The number of aromatic nitrogens is 2. The van der Waals surface area contributed by atoms with Crippen molar-refractivity contribution in [2.75, 3.05) is 6.54 Å². The summed E-state index contributed by atoms with van der Waals surface area (Å²) in [5, 5.41) is 11.6. The van der Waals surface area contributed by atoms with Crippen LogP contribution in [0.25, 0.3) is 11.0 Å². The number of rotatable bonds is 3. The Morgan fingerprint density at radius 3 is 2.82 bits per heavy atom. The molecule has 0 aliphatic rings. The molecule has 5 nitrogen and oxygen atoms in total. The first kappa shape index (κ1) is 11.5. The molecule has 0 fully saturated rings. The van der Waals surface area contributed by atoms with Crippen LogP contribution < -0.4 is 5.32 Å². The third-order valence-corrected chi connectivity index (χ3v) is 2.24. The maximum atomic E-state index is 11.7. The van der Waals surface area contributed by atoms with E-state index in [9.17, 15) is 4.79 Å². The van der Waals surface area contributed by atoms with Crippen molar-refractivity contribution in [3.8, 4) is 0 Å². The van der Waals surface area contributed by atoms with Crippen LogP contribution in [-0.4, -0.2) is 33.6 Å². The summed E-state index contributed by atoms with van der Waals surface area (Å²) in [5.74, 6) is -0.329. The van der Waals surface area contributed by atoms with Gasteiger partial charge in [0.05, 0.1) is 23.3 Å². The number of nitrogens with zero attached hydrogens (tertiary/aromatic N) is 2. The first-order chi connectivity index (χ1) is 8.16. The summed E-state index contributed by atoms with van der Waals surface area (Å²) in [6, 6.07) is 7.34. The Hall–Kier alpha value is -2.01. The predicted molar refractivity (Wildman–Crippen MR) is 63.6 cm³/mol.